The second-order valence-electron chi connectivity index (χ2n) is 5.77. The van der Waals surface area contributed by atoms with E-state index < -0.39 is 17.9 Å². The number of hydrogen-bond donors (Lipinski definition) is 3. The van der Waals surface area contributed by atoms with Gasteiger partial charge in [0.25, 0.3) is 0 Å². The minimum Gasteiger partial charge on any atom is -0.443 e. The van der Waals surface area contributed by atoms with E-state index in [1.807, 2.05) is 11.1 Å². The van der Waals surface area contributed by atoms with E-state index in [0.717, 1.165) is 18.8 Å². The molecular formula is C16H20FN7O2. The third-order valence-corrected chi connectivity index (χ3v) is 4.10. The van der Waals surface area contributed by atoms with Gasteiger partial charge in [-0.05, 0) is 6.07 Å². The zero-order chi connectivity index (χ0) is 18.5. The summed E-state index contributed by atoms with van der Waals surface area (Å²) in [4.78, 5) is 18.7. The van der Waals surface area contributed by atoms with Crippen molar-refractivity contribution in [3.63, 3.8) is 0 Å². The molecule has 26 heavy (non-hydrogen) atoms. The molecule has 3 rings (SSSR count). The maximum atomic E-state index is 14.8. The van der Waals surface area contributed by atoms with E-state index in [1.54, 1.807) is 24.4 Å². The normalized spacial score (nSPS) is 14.2. The first-order valence-electron chi connectivity index (χ1n) is 8.07. The number of aromatic nitrogens is 2. The van der Waals surface area contributed by atoms with Gasteiger partial charge < -0.3 is 26.0 Å². The number of H-pyrrole nitrogens is 1. The Morgan fingerprint density at radius 3 is 2.65 bits per heavy atom. The number of anilines is 2. The highest BCUT2D eigenvalue weighted by Gasteiger charge is 2.21. The van der Waals surface area contributed by atoms with Crippen molar-refractivity contribution in [2.24, 2.45) is 16.5 Å². The van der Waals surface area contributed by atoms with Crippen LogP contribution in [0.25, 0.3) is 0 Å². The highest BCUT2D eigenvalue weighted by molar-refractivity contribution is 5.87. The summed E-state index contributed by atoms with van der Waals surface area (Å²) in [7, 11) is 0. The van der Waals surface area contributed by atoms with Crippen LogP contribution in [0.4, 0.5) is 20.6 Å². The van der Waals surface area contributed by atoms with Gasteiger partial charge in [0, 0.05) is 37.9 Å². The zero-order valence-electron chi connectivity index (χ0n) is 14.1. The number of aliphatic imine (C=N–C) groups is 1. The molecule has 0 bridgehead atoms. The SMILES string of the molecule is NC(N)=NC(=O)OCc1cccc(N2CCN(c3cn[nH]c3)CC2)c1F. The molecule has 1 saturated heterocycles. The topological polar surface area (TPSA) is 126 Å². The van der Waals surface area contributed by atoms with Crippen LogP contribution in [0.1, 0.15) is 5.56 Å². The van der Waals surface area contributed by atoms with Crippen molar-refractivity contribution in [3.05, 3.63) is 42.0 Å². The van der Waals surface area contributed by atoms with Gasteiger partial charge in [-0.2, -0.15) is 5.10 Å². The minimum atomic E-state index is -0.955. The Hall–Kier alpha value is -3.30. The molecule has 1 fully saturated rings. The highest BCUT2D eigenvalue weighted by Crippen LogP contribution is 2.25. The van der Waals surface area contributed by atoms with Gasteiger partial charge in [0.2, 0.25) is 0 Å². The van der Waals surface area contributed by atoms with E-state index in [0.29, 0.717) is 18.8 Å². The molecule has 0 radical (unpaired) electrons. The Morgan fingerprint density at radius 2 is 2.00 bits per heavy atom. The van der Waals surface area contributed by atoms with E-state index in [2.05, 4.69) is 20.1 Å². The molecule has 0 aliphatic carbocycles. The van der Waals surface area contributed by atoms with E-state index in [-0.39, 0.29) is 12.2 Å². The van der Waals surface area contributed by atoms with Crippen LogP contribution in [0, 0.1) is 5.82 Å². The fourth-order valence-corrected chi connectivity index (χ4v) is 2.82. The Kier molecular flexibility index (Phi) is 5.20. The predicted molar refractivity (Wildman–Crippen MR) is 95.4 cm³/mol. The summed E-state index contributed by atoms with van der Waals surface area (Å²) in [6, 6.07) is 5.00. The Balaban J connectivity index is 1.64. The van der Waals surface area contributed by atoms with Crippen molar-refractivity contribution < 1.29 is 13.9 Å². The Labute approximate surface area is 149 Å². The second kappa shape index (κ2) is 7.72. The van der Waals surface area contributed by atoms with Crippen LogP contribution >= 0.6 is 0 Å². The first-order valence-corrected chi connectivity index (χ1v) is 8.07. The number of halogens is 1. The van der Waals surface area contributed by atoms with Crippen LogP contribution in [0.15, 0.2) is 35.6 Å². The van der Waals surface area contributed by atoms with Gasteiger partial charge in [-0.1, -0.05) is 12.1 Å². The number of guanidine groups is 1. The van der Waals surface area contributed by atoms with Gasteiger partial charge in [0.1, 0.15) is 6.61 Å². The number of piperazine rings is 1. The van der Waals surface area contributed by atoms with Crippen LogP contribution in [0.5, 0.6) is 0 Å². The Bertz CT molecular complexity index is 782. The molecule has 2 aromatic rings. The maximum Gasteiger partial charge on any atom is 0.437 e. The highest BCUT2D eigenvalue weighted by atomic mass is 19.1. The second-order valence-corrected chi connectivity index (χ2v) is 5.77. The number of nitrogens with two attached hydrogens (primary N) is 2. The summed E-state index contributed by atoms with van der Waals surface area (Å²) in [5, 5.41) is 6.74. The number of hydrogen-bond acceptors (Lipinski definition) is 5. The smallest absolute Gasteiger partial charge is 0.437 e. The van der Waals surface area contributed by atoms with E-state index in [4.69, 9.17) is 16.2 Å². The minimum absolute atomic E-state index is 0.246. The van der Waals surface area contributed by atoms with Crippen molar-refractivity contribution in [2.75, 3.05) is 36.0 Å². The van der Waals surface area contributed by atoms with Crippen LogP contribution < -0.4 is 21.3 Å². The zero-order valence-corrected chi connectivity index (χ0v) is 14.1. The maximum absolute atomic E-state index is 14.8. The van der Waals surface area contributed by atoms with Crippen LogP contribution in [-0.4, -0.2) is 48.4 Å². The largest absolute Gasteiger partial charge is 0.443 e. The molecule has 1 aromatic carbocycles. The number of benzene rings is 1. The average molecular weight is 361 g/mol. The number of carbonyl (C=O) groups excluding carboxylic acids is 1. The number of rotatable bonds is 4. The van der Waals surface area contributed by atoms with Gasteiger partial charge in [-0.25, -0.2) is 9.18 Å². The number of amides is 1. The summed E-state index contributed by atoms with van der Waals surface area (Å²) in [5.74, 6) is -0.818. The lowest BCUT2D eigenvalue weighted by Crippen LogP contribution is -2.46. The summed E-state index contributed by atoms with van der Waals surface area (Å²) in [6.45, 7) is 2.59. The molecule has 0 unspecified atom stereocenters. The van der Waals surface area contributed by atoms with Gasteiger partial charge >= 0.3 is 6.09 Å². The van der Waals surface area contributed by atoms with Crippen molar-refractivity contribution >= 4 is 23.4 Å². The summed E-state index contributed by atoms with van der Waals surface area (Å²) >= 11 is 0. The predicted octanol–water partition coefficient (Wildman–Crippen LogP) is 0.785. The molecule has 9 nitrogen and oxygen atoms in total. The lowest BCUT2D eigenvalue weighted by atomic mass is 10.1. The Morgan fingerprint density at radius 1 is 1.27 bits per heavy atom. The third kappa shape index (κ3) is 4.02. The average Bonchev–Trinajstić information content (AvgIpc) is 3.15. The van der Waals surface area contributed by atoms with Crippen molar-refractivity contribution in [1.29, 1.82) is 0 Å². The van der Waals surface area contributed by atoms with Gasteiger partial charge in [0.15, 0.2) is 11.8 Å². The molecule has 2 heterocycles. The van der Waals surface area contributed by atoms with Crippen LogP contribution in [-0.2, 0) is 11.3 Å². The lowest BCUT2D eigenvalue weighted by molar-refractivity contribution is 0.149. The molecule has 10 heteroatoms. The quantitative estimate of drug-likeness (QED) is 0.543. The number of carbonyl (C=O) groups is 1. The number of ether oxygens (including phenoxy) is 1. The molecule has 0 atom stereocenters. The molecule has 1 aliphatic rings. The number of nitrogens with one attached hydrogen (secondary N) is 1. The first-order chi connectivity index (χ1) is 12.5. The van der Waals surface area contributed by atoms with Crippen molar-refractivity contribution in [3.8, 4) is 0 Å². The van der Waals surface area contributed by atoms with Crippen molar-refractivity contribution in [2.45, 2.75) is 6.61 Å². The van der Waals surface area contributed by atoms with Gasteiger partial charge in [-0.15, -0.1) is 4.99 Å². The number of nitrogens with zero attached hydrogens (tertiary/aromatic N) is 4. The first kappa shape index (κ1) is 17.5. The monoisotopic (exact) mass is 361 g/mol. The summed E-state index contributed by atoms with van der Waals surface area (Å²) in [5.41, 5.74) is 12.0. The van der Waals surface area contributed by atoms with Gasteiger partial charge in [-0.3, -0.25) is 5.10 Å². The summed E-state index contributed by atoms with van der Waals surface area (Å²) < 4.78 is 19.7. The molecule has 1 aliphatic heterocycles. The molecule has 138 valence electrons. The molecule has 0 spiro atoms. The summed E-state index contributed by atoms with van der Waals surface area (Å²) in [6.07, 6.45) is 2.65. The van der Waals surface area contributed by atoms with Crippen molar-refractivity contribution in [1.82, 2.24) is 10.2 Å². The molecule has 1 amide bonds. The fraction of sp³-hybridized carbons (Fsp3) is 0.312. The fourth-order valence-electron chi connectivity index (χ4n) is 2.82. The number of aromatic amines is 1. The van der Waals surface area contributed by atoms with E-state index >= 15 is 0 Å². The molecule has 1 aromatic heterocycles. The molecular weight excluding hydrogens is 341 g/mol. The van der Waals surface area contributed by atoms with E-state index in [1.165, 1.54) is 0 Å². The third-order valence-electron chi connectivity index (χ3n) is 4.10. The molecule has 5 N–H and O–H groups in total. The lowest BCUT2D eigenvalue weighted by Gasteiger charge is -2.36. The molecule has 0 saturated carbocycles. The standard InChI is InChI=1S/C16H20FN7O2/c17-14-11(10-26-16(25)22-15(18)19)2-1-3-13(14)24-6-4-23(5-7-24)12-8-20-21-9-12/h1-3,8-9H,4-7,10H2,(H,20,21)(H4,18,19,22,25). The van der Waals surface area contributed by atoms with Gasteiger partial charge in [0.05, 0.1) is 17.6 Å². The van der Waals surface area contributed by atoms with Crippen LogP contribution in [0.2, 0.25) is 0 Å². The van der Waals surface area contributed by atoms with Crippen LogP contribution in [0.3, 0.4) is 0 Å². The van der Waals surface area contributed by atoms with E-state index in [9.17, 15) is 9.18 Å².